The van der Waals surface area contributed by atoms with E-state index in [4.69, 9.17) is 16.3 Å². The minimum atomic E-state index is -0.156. The molecule has 1 saturated heterocycles. The van der Waals surface area contributed by atoms with Gasteiger partial charge in [0.15, 0.2) is 0 Å². The van der Waals surface area contributed by atoms with Crippen LogP contribution in [-0.4, -0.2) is 50.2 Å². The molecule has 174 valence electrons. The van der Waals surface area contributed by atoms with Gasteiger partial charge in [0, 0.05) is 42.3 Å². The number of halogens is 1. The molecule has 3 rings (SSSR count). The SMILES string of the molecule is CCCOC(=O)CC(CC)(CCCN1CCN(c2ccc(Cl)cc2)CC1)c1ccccc1. The van der Waals surface area contributed by atoms with E-state index in [1.165, 1.54) is 11.3 Å². The summed E-state index contributed by atoms with van der Waals surface area (Å²) in [5, 5.41) is 0.781. The third-order valence-corrected chi connectivity index (χ3v) is 6.96. The van der Waals surface area contributed by atoms with Crippen LogP contribution < -0.4 is 4.90 Å². The monoisotopic (exact) mass is 456 g/mol. The topological polar surface area (TPSA) is 32.8 Å². The highest BCUT2D eigenvalue weighted by molar-refractivity contribution is 6.30. The molecule has 0 radical (unpaired) electrons. The molecule has 1 unspecified atom stereocenters. The largest absolute Gasteiger partial charge is 0.466 e. The zero-order chi connectivity index (χ0) is 22.8. The molecule has 5 heteroatoms. The lowest BCUT2D eigenvalue weighted by Gasteiger charge is -2.37. The van der Waals surface area contributed by atoms with Crippen LogP contribution in [0.5, 0.6) is 0 Å². The lowest BCUT2D eigenvalue weighted by Crippen LogP contribution is -2.46. The molecule has 0 spiro atoms. The van der Waals surface area contributed by atoms with Crippen LogP contribution in [0.2, 0.25) is 5.02 Å². The van der Waals surface area contributed by atoms with E-state index in [0.717, 1.165) is 63.4 Å². The molecule has 0 bridgehead atoms. The van der Waals surface area contributed by atoms with Gasteiger partial charge in [-0.05, 0) is 62.1 Å². The summed E-state index contributed by atoms with van der Waals surface area (Å²) in [5.74, 6) is -0.0749. The Kier molecular flexibility index (Phi) is 9.43. The van der Waals surface area contributed by atoms with Crippen molar-refractivity contribution in [2.75, 3.05) is 44.2 Å². The van der Waals surface area contributed by atoms with Crippen LogP contribution in [0.25, 0.3) is 0 Å². The maximum atomic E-state index is 12.6. The summed E-state index contributed by atoms with van der Waals surface area (Å²) in [6.45, 7) is 9.98. The summed E-state index contributed by atoms with van der Waals surface area (Å²) in [5.41, 5.74) is 2.34. The van der Waals surface area contributed by atoms with Crippen LogP contribution in [0.15, 0.2) is 54.6 Å². The Morgan fingerprint density at radius 2 is 1.69 bits per heavy atom. The van der Waals surface area contributed by atoms with Gasteiger partial charge in [0.25, 0.3) is 0 Å². The fourth-order valence-corrected chi connectivity index (χ4v) is 4.82. The van der Waals surface area contributed by atoms with E-state index in [2.05, 4.69) is 53.1 Å². The van der Waals surface area contributed by atoms with E-state index in [-0.39, 0.29) is 11.4 Å². The van der Waals surface area contributed by atoms with Crippen LogP contribution in [0.3, 0.4) is 0 Å². The number of nitrogens with zero attached hydrogens (tertiary/aromatic N) is 2. The van der Waals surface area contributed by atoms with Gasteiger partial charge in [-0.25, -0.2) is 0 Å². The van der Waals surface area contributed by atoms with Crippen molar-refractivity contribution in [2.24, 2.45) is 0 Å². The molecule has 0 amide bonds. The first kappa shape index (κ1) is 24.6. The van der Waals surface area contributed by atoms with Crippen LogP contribution in [0.4, 0.5) is 5.69 Å². The van der Waals surface area contributed by atoms with Crippen molar-refractivity contribution in [1.82, 2.24) is 4.90 Å². The van der Waals surface area contributed by atoms with Crippen LogP contribution in [0.1, 0.15) is 51.5 Å². The molecule has 32 heavy (non-hydrogen) atoms. The first-order chi connectivity index (χ1) is 15.6. The molecule has 1 fully saturated rings. The van der Waals surface area contributed by atoms with Crippen LogP contribution >= 0.6 is 11.6 Å². The summed E-state index contributed by atoms with van der Waals surface area (Å²) < 4.78 is 5.46. The smallest absolute Gasteiger partial charge is 0.306 e. The molecule has 0 saturated carbocycles. The predicted molar refractivity (Wildman–Crippen MR) is 134 cm³/mol. The van der Waals surface area contributed by atoms with Gasteiger partial charge in [-0.15, -0.1) is 0 Å². The average Bonchev–Trinajstić information content (AvgIpc) is 2.83. The van der Waals surface area contributed by atoms with E-state index >= 15 is 0 Å². The minimum Gasteiger partial charge on any atom is -0.466 e. The molecule has 2 aromatic carbocycles. The second kappa shape index (κ2) is 12.3. The second-order valence-corrected chi connectivity index (χ2v) is 9.24. The Labute approximate surface area is 198 Å². The van der Waals surface area contributed by atoms with Gasteiger partial charge in [-0.1, -0.05) is 55.8 Å². The van der Waals surface area contributed by atoms with Gasteiger partial charge in [-0.2, -0.15) is 0 Å². The number of rotatable bonds is 11. The number of hydrogen-bond acceptors (Lipinski definition) is 4. The highest BCUT2D eigenvalue weighted by Gasteiger charge is 2.33. The number of piperazine rings is 1. The number of carbonyl (C=O) groups is 1. The van der Waals surface area contributed by atoms with Crippen molar-refractivity contribution >= 4 is 23.3 Å². The third kappa shape index (κ3) is 6.73. The van der Waals surface area contributed by atoms with E-state index in [9.17, 15) is 4.79 Å². The van der Waals surface area contributed by atoms with Gasteiger partial charge < -0.3 is 9.64 Å². The zero-order valence-electron chi connectivity index (χ0n) is 19.6. The highest BCUT2D eigenvalue weighted by atomic mass is 35.5. The van der Waals surface area contributed by atoms with Crippen molar-refractivity contribution in [3.05, 3.63) is 65.2 Å². The Balaban J connectivity index is 1.55. The van der Waals surface area contributed by atoms with E-state index in [1.807, 2.05) is 25.1 Å². The minimum absolute atomic E-state index is 0.0749. The van der Waals surface area contributed by atoms with Gasteiger partial charge in [0.05, 0.1) is 13.0 Å². The first-order valence-electron chi connectivity index (χ1n) is 12.0. The maximum absolute atomic E-state index is 12.6. The summed E-state index contributed by atoms with van der Waals surface area (Å²) in [4.78, 5) is 17.5. The summed E-state index contributed by atoms with van der Waals surface area (Å²) in [7, 11) is 0. The Morgan fingerprint density at radius 1 is 1.00 bits per heavy atom. The van der Waals surface area contributed by atoms with E-state index < -0.39 is 0 Å². The molecule has 0 aromatic heterocycles. The fourth-order valence-electron chi connectivity index (χ4n) is 4.70. The Bertz CT molecular complexity index is 819. The molecule has 2 aromatic rings. The standard InChI is InChI=1S/C27H37ClN2O2/c1-3-21-32-26(31)22-27(4-2,23-9-6-5-7-10-23)15-8-16-29-17-19-30(20-18-29)25-13-11-24(28)12-14-25/h5-7,9-14H,3-4,8,15-22H2,1-2H3. The third-order valence-electron chi connectivity index (χ3n) is 6.71. The Morgan fingerprint density at radius 3 is 2.31 bits per heavy atom. The normalized spacial score (nSPS) is 16.5. The quantitative estimate of drug-likeness (QED) is 0.392. The molecule has 1 aliphatic heterocycles. The van der Waals surface area contributed by atoms with Gasteiger partial charge in [0.1, 0.15) is 0 Å². The molecular weight excluding hydrogens is 420 g/mol. The molecule has 0 aliphatic carbocycles. The molecule has 1 atom stereocenters. The molecule has 0 N–H and O–H groups in total. The van der Waals surface area contributed by atoms with Crippen molar-refractivity contribution in [2.45, 2.75) is 51.4 Å². The van der Waals surface area contributed by atoms with Crippen LogP contribution in [0, 0.1) is 0 Å². The lowest BCUT2D eigenvalue weighted by atomic mass is 9.72. The van der Waals surface area contributed by atoms with Crippen molar-refractivity contribution < 1.29 is 9.53 Å². The molecule has 4 nitrogen and oxygen atoms in total. The number of ether oxygens (including phenoxy) is 1. The van der Waals surface area contributed by atoms with Gasteiger partial charge >= 0.3 is 5.97 Å². The molecule has 1 heterocycles. The van der Waals surface area contributed by atoms with E-state index in [1.54, 1.807) is 0 Å². The van der Waals surface area contributed by atoms with Crippen molar-refractivity contribution in [3.63, 3.8) is 0 Å². The van der Waals surface area contributed by atoms with Gasteiger partial charge in [0.2, 0.25) is 0 Å². The Hall–Kier alpha value is -2.04. The summed E-state index contributed by atoms with van der Waals surface area (Å²) >= 11 is 6.02. The highest BCUT2D eigenvalue weighted by Crippen LogP contribution is 2.37. The number of esters is 1. The first-order valence-corrected chi connectivity index (χ1v) is 12.4. The van der Waals surface area contributed by atoms with Crippen molar-refractivity contribution in [1.29, 1.82) is 0 Å². The molecular formula is C27H37ClN2O2. The van der Waals surface area contributed by atoms with Gasteiger partial charge in [-0.3, -0.25) is 9.69 Å². The summed E-state index contributed by atoms with van der Waals surface area (Å²) in [6, 6.07) is 18.7. The number of benzene rings is 2. The number of anilines is 1. The number of hydrogen-bond donors (Lipinski definition) is 0. The lowest BCUT2D eigenvalue weighted by molar-refractivity contribution is -0.145. The predicted octanol–water partition coefficient (Wildman–Crippen LogP) is 5.93. The second-order valence-electron chi connectivity index (χ2n) is 8.81. The van der Waals surface area contributed by atoms with Crippen LogP contribution in [-0.2, 0) is 14.9 Å². The summed E-state index contributed by atoms with van der Waals surface area (Å²) in [6.07, 6.45) is 4.31. The molecule has 1 aliphatic rings. The fraction of sp³-hybridized carbons (Fsp3) is 0.519. The average molecular weight is 457 g/mol. The number of carbonyl (C=O) groups excluding carboxylic acids is 1. The van der Waals surface area contributed by atoms with Crippen molar-refractivity contribution in [3.8, 4) is 0 Å². The van der Waals surface area contributed by atoms with E-state index in [0.29, 0.717) is 13.0 Å². The maximum Gasteiger partial charge on any atom is 0.306 e. The zero-order valence-corrected chi connectivity index (χ0v) is 20.3.